The minimum atomic E-state index is -1.00. The summed E-state index contributed by atoms with van der Waals surface area (Å²) in [5.41, 5.74) is 3.32. The van der Waals surface area contributed by atoms with E-state index in [2.05, 4.69) is 21.4 Å². The summed E-state index contributed by atoms with van der Waals surface area (Å²) >= 11 is 0. The molecule has 1 saturated carbocycles. The van der Waals surface area contributed by atoms with Gasteiger partial charge in [0.2, 0.25) is 5.91 Å². The maximum atomic E-state index is 12.9. The number of rotatable bonds is 3. The SMILES string of the molecule is Cc1ccncc1-c1ccc2cc(NC(=O)[C@@H]3CC3F)ncc2c1. The number of aromatic nitrogens is 2. The molecule has 1 fully saturated rings. The van der Waals surface area contributed by atoms with Gasteiger partial charge in [0.15, 0.2) is 0 Å². The highest BCUT2D eigenvalue weighted by Gasteiger charge is 2.43. The van der Waals surface area contributed by atoms with Gasteiger partial charge in [0.1, 0.15) is 12.0 Å². The first-order chi connectivity index (χ1) is 11.6. The number of nitrogens with one attached hydrogen (secondary N) is 1. The van der Waals surface area contributed by atoms with E-state index < -0.39 is 12.1 Å². The lowest BCUT2D eigenvalue weighted by Gasteiger charge is -2.08. The predicted octanol–water partition coefficient (Wildman–Crippen LogP) is 3.90. The molecule has 1 unspecified atom stereocenters. The summed E-state index contributed by atoms with van der Waals surface area (Å²) in [5, 5.41) is 4.63. The fourth-order valence-corrected chi connectivity index (χ4v) is 2.80. The second-order valence-electron chi connectivity index (χ2n) is 6.17. The Morgan fingerprint density at radius 2 is 2.04 bits per heavy atom. The Morgan fingerprint density at radius 3 is 2.79 bits per heavy atom. The van der Waals surface area contributed by atoms with Gasteiger partial charge in [0.05, 0.1) is 5.92 Å². The fraction of sp³-hybridized carbons (Fsp3) is 0.211. The molecule has 0 radical (unpaired) electrons. The van der Waals surface area contributed by atoms with E-state index in [1.54, 1.807) is 12.4 Å². The minimum absolute atomic E-state index is 0.294. The zero-order chi connectivity index (χ0) is 16.7. The van der Waals surface area contributed by atoms with E-state index in [9.17, 15) is 9.18 Å². The number of aryl methyl sites for hydroxylation is 1. The largest absolute Gasteiger partial charge is 0.310 e. The molecule has 24 heavy (non-hydrogen) atoms. The van der Waals surface area contributed by atoms with Crippen LogP contribution in [0.4, 0.5) is 10.2 Å². The second-order valence-corrected chi connectivity index (χ2v) is 6.17. The van der Waals surface area contributed by atoms with E-state index in [1.807, 2.05) is 37.4 Å². The van der Waals surface area contributed by atoms with Gasteiger partial charge in [-0.1, -0.05) is 12.1 Å². The molecule has 4 rings (SSSR count). The van der Waals surface area contributed by atoms with Gasteiger partial charge in [0.25, 0.3) is 0 Å². The zero-order valence-corrected chi connectivity index (χ0v) is 13.2. The molecule has 4 nitrogen and oxygen atoms in total. The van der Waals surface area contributed by atoms with Crippen molar-refractivity contribution < 1.29 is 9.18 Å². The van der Waals surface area contributed by atoms with Gasteiger partial charge in [-0.2, -0.15) is 0 Å². The van der Waals surface area contributed by atoms with Crippen molar-refractivity contribution in [2.75, 3.05) is 5.32 Å². The van der Waals surface area contributed by atoms with Crippen LogP contribution in [0, 0.1) is 12.8 Å². The van der Waals surface area contributed by atoms with Gasteiger partial charge in [-0.05, 0) is 48.1 Å². The normalized spacial score (nSPS) is 19.2. The molecule has 1 aliphatic carbocycles. The molecule has 1 aliphatic rings. The average molecular weight is 321 g/mol. The number of hydrogen-bond acceptors (Lipinski definition) is 3. The maximum Gasteiger partial charge on any atom is 0.231 e. The molecule has 0 bridgehead atoms. The Hall–Kier alpha value is -2.82. The first kappa shape index (κ1) is 14.8. The molecule has 0 spiro atoms. The molecule has 1 amide bonds. The Morgan fingerprint density at radius 1 is 1.21 bits per heavy atom. The molecule has 2 atom stereocenters. The van der Waals surface area contributed by atoms with Gasteiger partial charge >= 0.3 is 0 Å². The third-order valence-electron chi connectivity index (χ3n) is 4.37. The average Bonchev–Trinajstić information content (AvgIpc) is 3.32. The van der Waals surface area contributed by atoms with E-state index in [0.717, 1.165) is 27.5 Å². The van der Waals surface area contributed by atoms with Gasteiger partial charge in [-0.15, -0.1) is 0 Å². The first-order valence-electron chi connectivity index (χ1n) is 7.87. The van der Waals surface area contributed by atoms with E-state index in [1.165, 1.54) is 0 Å². The number of carbonyl (C=O) groups excluding carboxylic acids is 1. The summed E-state index contributed by atoms with van der Waals surface area (Å²) in [7, 11) is 0. The lowest BCUT2D eigenvalue weighted by Crippen LogP contribution is -2.15. The van der Waals surface area contributed by atoms with Crippen LogP contribution in [-0.2, 0) is 4.79 Å². The van der Waals surface area contributed by atoms with Crippen molar-refractivity contribution in [1.82, 2.24) is 9.97 Å². The number of benzene rings is 1. The third-order valence-corrected chi connectivity index (χ3v) is 4.37. The van der Waals surface area contributed by atoms with E-state index >= 15 is 0 Å². The van der Waals surface area contributed by atoms with Crippen molar-refractivity contribution >= 4 is 22.5 Å². The van der Waals surface area contributed by atoms with Crippen LogP contribution in [0.5, 0.6) is 0 Å². The molecule has 3 aromatic rings. The van der Waals surface area contributed by atoms with Crippen LogP contribution in [0.2, 0.25) is 0 Å². The molecule has 1 aromatic carbocycles. The molecule has 2 heterocycles. The summed E-state index contributed by atoms with van der Waals surface area (Å²) in [6.45, 7) is 2.05. The topological polar surface area (TPSA) is 54.9 Å². The van der Waals surface area contributed by atoms with E-state index in [4.69, 9.17) is 0 Å². The minimum Gasteiger partial charge on any atom is -0.310 e. The van der Waals surface area contributed by atoms with Crippen LogP contribution in [0.1, 0.15) is 12.0 Å². The number of anilines is 1. The zero-order valence-electron chi connectivity index (χ0n) is 13.2. The van der Waals surface area contributed by atoms with Crippen LogP contribution >= 0.6 is 0 Å². The lowest BCUT2D eigenvalue weighted by molar-refractivity contribution is -0.117. The van der Waals surface area contributed by atoms with Crippen molar-refractivity contribution in [3.63, 3.8) is 0 Å². The van der Waals surface area contributed by atoms with Crippen molar-refractivity contribution in [3.05, 3.63) is 54.5 Å². The molecule has 0 aliphatic heterocycles. The highest BCUT2D eigenvalue weighted by molar-refractivity contribution is 5.96. The number of alkyl halides is 1. The van der Waals surface area contributed by atoms with Gasteiger partial charge in [0, 0.05) is 29.5 Å². The molecule has 1 N–H and O–H groups in total. The maximum absolute atomic E-state index is 12.9. The Bertz CT molecular complexity index is 941. The van der Waals surface area contributed by atoms with Crippen LogP contribution in [-0.4, -0.2) is 22.0 Å². The first-order valence-corrected chi connectivity index (χ1v) is 7.87. The number of hydrogen-bond donors (Lipinski definition) is 1. The van der Waals surface area contributed by atoms with Gasteiger partial charge in [-0.3, -0.25) is 9.78 Å². The van der Waals surface area contributed by atoms with Crippen LogP contribution in [0.3, 0.4) is 0 Å². The Kier molecular flexibility index (Phi) is 3.49. The third kappa shape index (κ3) is 2.73. The number of carbonyl (C=O) groups is 1. The summed E-state index contributed by atoms with van der Waals surface area (Å²) in [6, 6.07) is 9.85. The smallest absolute Gasteiger partial charge is 0.231 e. The van der Waals surface area contributed by atoms with Crippen molar-refractivity contribution in [3.8, 4) is 11.1 Å². The van der Waals surface area contributed by atoms with E-state index in [0.29, 0.717) is 12.2 Å². The second kappa shape index (κ2) is 5.67. The predicted molar refractivity (Wildman–Crippen MR) is 91.3 cm³/mol. The molecule has 5 heteroatoms. The molecule has 0 saturated heterocycles. The van der Waals surface area contributed by atoms with Gasteiger partial charge < -0.3 is 5.32 Å². The van der Waals surface area contributed by atoms with Crippen molar-refractivity contribution in [2.45, 2.75) is 19.5 Å². The monoisotopic (exact) mass is 321 g/mol. The van der Waals surface area contributed by atoms with Crippen LogP contribution in [0.25, 0.3) is 21.9 Å². The Balaban J connectivity index is 1.63. The van der Waals surface area contributed by atoms with Crippen LogP contribution in [0.15, 0.2) is 48.9 Å². The molecule has 2 aromatic heterocycles. The highest BCUT2D eigenvalue weighted by atomic mass is 19.1. The summed E-state index contributed by atoms with van der Waals surface area (Å²) in [6.07, 6.45) is 4.66. The number of amides is 1. The number of fused-ring (bicyclic) bond motifs is 1. The van der Waals surface area contributed by atoms with Crippen LogP contribution < -0.4 is 5.32 Å². The quantitative estimate of drug-likeness (QED) is 0.796. The number of pyridine rings is 2. The fourth-order valence-electron chi connectivity index (χ4n) is 2.80. The molecular weight excluding hydrogens is 305 g/mol. The standard InChI is InChI=1S/C19H16FN3O/c1-11-4-5-21-10-16(11)13-3-2-12-7-18(22-9-14(12)6-13)23-19(24)15-8-17(15)20/h2-7,9-10,15,17H,8H2,1H3,(H,22,23,24)/t15-,17?/m1/s1. The van der Waals surface area contributed by atoms with E-state index in [-0.39, 0.29) is 5.91 Å². The van der Waals surface area contributed by atoms with Gasteiger partial charge in [-0.25, -0.2) is 9.37 Å². The molecule has 120 valence electrons. The highest BCUT2D eigenvalue weighted by Crippen LogP contribution is 2.34. The van der Waals surface area contributed by atoms with Crippen molar-refractivity contribution in [1.29, 1.82) is 0 Å². The number of nitrogens with zero attached hydrogens (tertiary/aromatic N) is 2. The number of halogens is 1. The summed E-state index contributed by atoms with van der Waals surface area (Å²) in [4.78, 5) is 20.3. The Labute approximate surface area is 138 Å². The van der Waals surface area contributed by atoms with Crippen molar-refractivity contribution in [2.24, 2.45) is 5.92 Å². The molecular formula is C19H16FN3O. The summed E-state index contributed by atoms with van der Waals surface area (Å²) in [5.74, 6) is -0.354. The lowest BCUT2D eigenvalue weighted by atomic mass is 10.0. The summed E-state index contributed by atoms with van der Waals surface area (Å²) < 4.78 is 12.9.